The molecule has 2 spiro atoms. The molecule has 4 rings (SSSR count). The third kappa shape index (κ3) is 2.16. The Labute approximate surface area is 154 Å². The average Bonchev–Trinajstić information content (AvgIpc) is 3.03. The number of carbonyl (C=O) groups excluding carboxylic acids is 1. The van der Waals surface area contributed by atoms with Crippen LogP contribution in [0.1, 0.15) is 50.7 Å². The maximum absolute atomic E-state index is 13.9. The fourth-order valence-corrected chi connectivity index (χ4v) is 5.44. The Morgan fingerprint density at radius 3 is 2.58 bits per heavy atom. The summed E-state index contributed by atoms with van der Waals surface area (Å²) in [7, 11) is 3.58. The van der Waals surface area contributed by atoms with E-state index in [9.17, 15) is 9.18 Å². The molecule has 1 unspecified atom stereocenters. The second-order valence-electron chi connectivity index (χ2n) is 8.39. The molecule has 4 nitrogen and oxygen atoms in total. The van der Waals surface area contributed by atoms with E-state index in [4.69, 9.17) is 9.73 Å². The zero-order valence-electron chi connectivity index (χ0n) is 16.0. The minimum Gasteiger partial charge on any atom is -0.381 e. The molecule has 1 aromatic carbocycles. The fraction of sp³-hybridized carbons (Fsp3) is 0.619. The summed E-state index contributed by atoms with van der Waals surface area (Å²) in [4.78, 5) is 20.4. The van der Waals surface area contributed by atoms with Crippen LogP contribution < -0.4 is 0 Å². The summed E-state index contributed by atoms with van der Waals surface area (Å²) in [6, 6.07) is 4.86. The van der Waals surface area contributed by atoms with Crippen molar-refractivity contribution in [3.05, 3.63) is 35.1 Å². The lowest BCUT2D eigenvalue weighted by atomic mass is 9.61. The quantitative estimate of drug-likeness (QED) is 0.809. The average molecular weight is 358 g/mol. The normalized spacial score (nSPS) is 33.5. The molecule has 26 heavy (non-hydrogen) atoms. The Morgan fingerprint density at radius 1 is 1.31 bits per heavy atom. The van der Waals surface area contributed by atoms with Crippen molar-refractivity contribution in [2.45, 2.75) is 57.6 Å². The van der Waals surface area contributed by atoms with Gasteiger partial charge in [0.15, 0.2) is 5.54 Å². The molecule has 5 heteroatoms. The van der Waals surface area contributed by atoms with Gasteiger partial charge in [-0.05, 0) is 55.4 Å². The number of amidine groups is 1. The van der Waals surface area contributed by atoms with Gasteiger partial charge in [0.2, 0.25) is 0 Å². The Kier molecular flexibility index (Phi) is 3.99. The zero-order chi connectivity index (χ0) is 18.7. The molecule has 3 aliphatic rings. The maximum Gasteiger partial charge on any atom is 0.260 e. The Balaban J connectivity index is 1.90. The first-order valence-electron chi connectivity index (χ1n) is 9.54. The van der Waals surface area contributed by atoms with Crippen LogP contribution in [0.25, 0.3) is 0 Å². The largest absolute Gasteiger partial charge is 0.381 e. The van der Waals surface area contributed by atoms with Gasteiger partial charge >= 0.3 is 0 Å². The number of ether oxygens (including phenoxy) is 1. The van der Waals surface area contributed by atoms with Crippen molar-refractivity contribution in [3.63, 3.8) is 0 Å². The van der Waals surface area contributed by atoms with E-state index in [2.05, 4.69) is 13.8 Å². The Bertz CT molecular complexity index is 780. The molecule has 1 saturated carbocycles. The lowest BCUT2D eigenvalue weighted by Crippen LogP contribution is -2.51. The van der Waals surface area contributed by atoms with Gasteiger partial charge in [-0.2, -0.15) is 0 Å². The molecule has 2 aliphatic carbocycles. The van der Waals surface area contributed by atoms with Crippen molar-refractivity contribution >= 4 is 11.7 Å². The molecule has 1 amide bonds. The summed E-state index contributed by atoms with van der Waals surface area (Å²) < 4.78 is 19.5. The lowest BCUT2D eigenvalue weighted by Gasteiger charge is -2.45. The topological polar surface area (TPSA) is 41.9 Å². The number of nitrogens with zero attached hydrogens (tertiary/aromatic N) is 2. The highest BCUT2D eigenvalue weighted by molar-refractivity contribution is 6.10. The SMILES string of the molecule is COC1CCC2(CC1)Cc1cc(F)ccc1C21N=C(C(C)C)N(C)C1=O. The van der Waals surface area contributed by atoms with Gasteiger partial charge in [0, 0.05) is 25.5 Å². The minimum absolute atomic E-state index is 0.0439. The summed E-state index contributed by atoms with van der Waals surface area (Å²) in [5.41, 5.74) is 0.669. The maximum atomic E-state index is 13.9. The van der Waals surface area contributed by atoms with Crippen molar-refractivity contribution < 1.29 is 13.9 Å². The molecule has 0 bridgehead atoms. The van der Waals surface area contributed by atoms with Gasteiger partial charge in [0.25, 0.3) is 5.91 Å². The Hall–Kier alpha value is -1.75. The number of hydrogen-bond acceptors (Lipinski definition) is 3. The molecule has 1 heterocycles. The Morgan fingerprint density at radius 2 is 2.00 bits per heavy atom. The number of aliphatic imine (C=N–C) groups is 1. The number of amides is 1. The van der Waals surface area contributed by atoms with Gasteiger partial charge in [0.05, 0.1) is 6.10 Å². The predicted octanol–water partition coefficient (Wildman–Crippen LogP) is 3.68. The molecule has 1 atom stereocenters. The van der Waals surface area contributed by atoms with Crippen LogP contribution in [0.4, 0.5) is 4.39 Å². The lowest BCUT2D eigenvalue weighted by molar-refractivity contribution is -0.137. The highest BCUT2D eigenvalue weighted by Crippen LogP contribution is 2.62. The van der Waals surface area contributed by atoms with E-state index in [1.165, 1.54) is 6.07 Å². The first-order valence-corrected chi connectivity index (χ1v) is 9.54. The van der Waals surface area contributed by atoms with Crippen LogP contribution in [0.2, 0.25) is 0 Å². The minimum atomic E-state index is -0.900. The van der Waals surface area contributed by atoms with Crippen LogP contribution in [0.3, 0.4) is 0 Å². The van der Waals surface area contributed by atoms with E-state index < -0.39 is 5.54 Å². The first-order chi connectivity index (χ1) is 12.3. The van der Waals surface area contributed by atoms with Gasteiger partial charge in [-0.1, -0.05) is 19.9 Å². The molecule has 0 N–H and O–H groups in total. The summed E-state index contributed by atoms with van der Waals surface area (Å²) >= 11 is 0. The van der Waals surface area contributed by atoms with Crippen molar-refractivity contribution in [1.29, 1.82) is 0 Å². The first kappa shape index (κ1) is 17.7. The molecular weight excluding hydrogens is 331 g/mol. The molecule has 1 aliphatic heterocycles. The van der Waals surface area contributed by atoms with Gasteiger partial charge in [-0.25, -0.2) is 9.38 Å². The monoisotopic (exact) mass is 358 g/mol. The number of fused-ring (bicyclic) bond motifs is 3. The van der Waals surface area contributed by atoms with Crippen LogP contribution in [-0.2, 0) is 21.5 Å². The number of methoxy groups -OCH3 is 1. The summed E-state index contributed by atoms with van der Waals surface area (Å²) in [6.07, 6.45) is 4.52. The number of likely N-dealkylation sites (N-methyl/N-ethyl adjacent to an activating group) is 1. The standard InChI is InChI=1S/C21H27FN2O2/c1-13(2)18-23-21(19(25)24(18)3)17-6-5-15(22)11-14(17)12-20(21)9-7-16(26-4)8-10-20/h5-6,11,13,16H,7-10,12H2,1-4H3. The molecule has 1 fully saturated rings. The van der Waals surface area contributed by atoms with E-state index in [1.54, 1.807) is 24.1 Å². The summed E-state index contributed by atoms with van der Waals surface area (Å²) in [5, 5.41) is 0. The second-order valence-corrected chi connectivity index (χ2v) is 8.39. The van der Waals surface area contributed by atoms with Crippen LogP contribution in [0, 0.1) is 17.2 Å². The van der Waals surface area contributed by atoms with Gasteiger partial charge in [-0.3, -0.25) is 4.79 Å². The zero-order valence-corrected chi connectivity index (χ0v) is 16.0. The van der Waals surface area contributed by atoms with E-state index in [0.717, 1.165) is 42.6 Å². The molecule has 1 aromatic rings. The molecule has 0 aromatic heterocycles. The third-order valence-corrected chi connectivity index (χ3v) is 6.73. The highest BCUT2D eigenvalue weighted by Gasteiger charge is 2.66. The number of benzene rings is 1. The van der Waals surface area contributed by atoms with Crippen molar-refractivity contribution in [2.75, 3.05) is 14.2 Å². The van der Waals surface area contributed by atoms with Gasteiger partial charge < -0.3 is 9.64 Å². The van der Waals surface area contributed by atoms with Crippen molar-refractivity contribution in [3.8, 4) is 0 Å². The van der Waals surface area contributed by atoms with E-state index in [1.807, 2.05) is 7.05 Å². The predicted molar refractivity (Wildman–Crippen MR) is 98.5 cm³/mol. The number of halogens is 1. The smallest absolute Gasteiger partial charge is 0.260 e. The highest BCUT2D eigenvalue weighted by atomic mass is 19.1. The summed E-state index contributed by atoms with van der Waals surface area (Å²) in [6.45, 7) is 4.13. The van der Waals surface area contributed by atoms with Crippen LogP contribution >= 0.6 is 0 Å². The fourth-order valence-electron chi connectivity index (χ4n) is 5.44. The third-order valence-electron chi connectivity index (χ3n) is 6.73. The van der Waals surface area contributed by atoms with Crippen LogP contribution in [0.15, 0.2) is 23.2 Å². The van der Waals surface area contributed by atoms with E-state index >= 15 is 0 Å². The molecular formula is C21H27FN2O2. The van der Waals surface area contributed by atoms with Crippen LogP contribution in [0.5, 0.6) is 0 Å². The van der Waals surface area contributed by atoms with E-state index in [0.29, 0.717) is 6.42 Å². The summed E-state index contributed by atoms with van der Waals surface area (Å²) in [5.74, 6) is 0.802. The number of rotatable bonds is 2. The molecule has 140 valence electrons. The van der Waals surface area contributed by atoms with Crippen LogP contribution in [-0.4, -0.2) is 36.9 Å². The second kappa shape index (κ2) is 5.88. The number of carbonyl (C=O) groups is 1. The van der Waals surface area contributed by atoms with Gasteiger partial charge in [-0.15, -0.1) is 0 Å². The van der Waals surface area contributed by atoms with Gasteiger partial charge in [0.1, 0.15) is 11.7 Å². The molecule has 0 saturated heterocycles. The van der Waals surface area contributed by atoms with Crippen molar-refractivity contribution in [2.24, 2.45) is 16.3 Å². The number of hydrogen-bond donors (Lipinski definition) is 0. The van der Waals surface area contributed by atoms with E-state index in [-0.39, 0.29) is 29.2 Å². The van der Waals surface area contributed by atoms with Crippen molar-refractivity contribution in [1.82, 2.24) is 4.90 Å². The molecule has 0 radical (unpaired) electrons.